The van der Waals surface area contributed by atoms with Crippen LogP contribution in [0.25, 0.3) is 0 Å². The van der Waals surface area contributed by atoms with E-state index in [1.54, 1.807) is 7.11 Å². The summed E-state index contributed by atoms with van der Waals surface area (Å²) in [6.07, 6.45) is 1.75. The molecule has 1 aliphatic rings. The molecular weight excluding hydrogens is 236 g/mol. The van der Waals surface area contributed by atoms with Gasteiger partial charge >= 0.3 is 0 Å². The molecule has 1 heterocycles. The lowest BCUT2D eigenvalue weighted by atomic mass is 9.96. The summed E-state index contributed by atoms with van der Waals surface area (Å²) >= 11 is 0. The average molecular weight is 260 g/mol. The fraction of sp³-hybridized carbons (Fsp3) is 0.917. The van der Waals surface area contributed by atoms with E-state index in [9.17, 15) is 4.79 Å². The molecule has 1 aliphatic heterocycles. The zero-order valence-electron chi connectivity index (χ0n) is 11.2. The molecule has 3 N–H and O–H groups in total. The van der Waals surface area contributed by atoms with Gasteiger partial charge < -0.3 is 25.3 Å². The van der Waals surface area contributed by atoms with E-state index in [2.05, 4.69) is 5.32 Å². The summed E-state index contributed by atoms with van der Waals surface area (Å²) in [5.41, 5.74) is 5.22. The van der Waals surface area contributed by atoms with Crippen molar-refractivity contribution < 1.29 is 19.0 Å². The number of nitrogens with one attached hydrogen (secondary N) is 1. The minimum atomic E-state index is -0.500. The van der Waals surface area contributed by atoms with Crippen LogP contribution in [0.3, 0.4) is 0 Å². The Kier molecular flexibility index (Phi) is 6.56. The molecule has 0 aliphatic carbocycles. The van der Waals surface area contributed by atoms with Crippen molar-refractivity contribution in [3.8, 4) is 0 Å². The molecule has 1 fully saturated rings. The molecule has 0 spiro atoms. The molecular formula is C12H24N2O4. The van der Waals surface area contributed by atoms with Gasteiger partial charge in [-0.25, -0.2) is 0 Å². The Morgan fingerprint density at radius 2 is 2.39 bits per heavy atom. The van der Waals surface area contributed by atoms with Crippen LogP contribution in [0.4, 0.5) is 0 Å². The highest BCUT2D eigenvalue weighted by Crippen LogP contribution is 2.22. The third kappa shape index (κ3) is 4.89. The summed E-state index contributed by atoms with van der Waals surface area (Å²) in [6, 6.07) is -0.0254. The molecule has 1 amide bonds. The van der Waals surface area contributed by atoms with E-state index in [0.29, 0.717) is 19.8 Å². The van der Waals surface area contributed by atoms with Crippen molar-refractivity contribution in [1.29, 1.82) is 0 Å². The number of rotatable bonds is 7. The summed E-state index contributed by atoms with van der Waals surface area (Å²) in [5.74, 6) is -0.155. The maximum absolute atomic E-state index is 11.7. The average Bonchev–Trinajstić information content (AvgIpc) is 2.38. The van der Waals surface area contributed by atoms with E-state index in [1.807, 2.05) is 6.92 Å². The Morgan fingerprint density at radius 1 is 1.61 bits per heavy atom. The fourth-order valence-corrected chi connectivity index (χ4v) is 1.99. The second-order valence-corrected chi connectivity index (χ2v) is 4.76. The number of ether oxygens (including phenoxy) is 3. The van der Waals surface area contributed by atoms with Crippen LogP contribution in [0.2, 0.25) is 0 Å². The molecule has 0 bridgehead atoms. The summed E-state index contributed by atoms with van der Waals surface area (Å²) in [4.78, 5) is 11.7. The van der Waals surface area contributed by atoms with Gasteiger partial charge in [0, 0.05) is 26.3 Å². The number of hydrogen-bond donors (Lipinski definition) is 2. The van der Waals surface area contributed by atoms with E-state index in [1.165, 1.54) is 0 Å². The number of nitrogens with two attached hydrogens (primary N) is 1. The lowest BCUT2D eigenvalue weighted by molar-refractivity contribution is -0.147. The molecule has 106 valence electrons. The topological polar surface area (TPSA) is 82.8 Å². The Balaban J connectivity index is 2.31. The van der Waals surface area contributed by atoms with Crippen LogP contribution in [0.1, 0.15) is 19.8 Å². The maximum Gasteiger partial charge on any atom is 0.246 e. The van der Waals surface area contributed by atoms with Gasteiger partial charge in [0.15, 0.2) is 0 Å². The predicted molar refractivity (Wildman–Crippen MR) is 67.3 cm³/mol. The van der Waals surface area contributed by atoms with E-state index in [0.717, 1.165) is 19.4 Å². The molecule has 0 radical (unpaired) electrons. The van der Waals surface area contributed by atoms with E-state index < -0.39 is 5.60 Å². The zero-order chi connectivity index (χ0) is 13.4. The van der Waals surface area contributed by atoms with Gasteiger partial charge in [-0.15, -0.1) is 0 Å². The molecule has 0 aromatic rings. The number of carbonyl (C=O) groups is 1. The molecule has 1 rings (SSSR count). The van der Waals surface area contributed by atoms with Crippen molar-refractivity contribution in [3.05, 3.63) is 0 Å². The van der Waals surface area contributed by atoms with Crippen LogP contribution in [0.15, 0.2) is 0 Å². The highest BCUT2D eigenvalue weighted by molar-refractivity contribution is 5.77. The van der Waals surface area contributed by atoms with Crippen molar-refractivity contribution in [2.24, 2.45) is 5.73 Å². The van der Waals surface area contributed by atoms with Crippen molar-refractivity contribution in [2.45, 2.75) is 31.4 Å². The zero-order valence-corrected chi connectivity index (χ0v) is 11.2. The Morgan fingerprint density at radius 3 is 2.94 bits per heavy atom. The second kappa shape index (κ2) is 7.68. The van der Waals surface area contributed by atoms with Gasteiger partial charge in [0.2, 0.25) is 5.91 Å². The van der Waals surface area contributed by atoms with Gasteiger partial charge in [-0.05, 0) is 19.8 Å². The second-order valence-electron chi connectivity index (χ2n) is 4.76. The first-order chi connectivity index (χ1) is 8.62. The minimum Gasteiger partial charge on any atom is -0.383 e. The van der Waals surface area contributed by atoms with Crippen LogP contribution in [-0.4, -0.2) is 57.6 Å². The first kappa shape index (κ1) is 15.4. The van der Waals surface area contributed by atoms with Gasteiger partial charge in [0.1, 0.15) is 12.2 Å². The third-order valence-corrected chi connectivity index (χ3v) is 2.99. The first-order valence-corrected chi connectivity index (χ1v) is 6.32. The number of amides is 1. The van der Waals surface area contributed by atoms with Crippen molar-refractivity contribution in [1.82, 2.24) is 5.32 Å². The van der Waals surface area contributed by atoms with Gasteiger partial charge in [0.05, 0.1) is 13.2 Å². The van der Waals surface area contributed by atoms with E-state index in [4.69, 9.17) is 19.9 Å². The van der Waals surface area contributed by atoms with Crippen LogP contribution in [-0.2, 0) is 19.0 Å². The van der Waals surface area contributed by atoms with Crippen molar-refractivity contribution in [2.75, 3.05) is 40.1 Å². The molecule has 18 heavy (non-hydrogen) atoms. The predicted octanol–water partition coefficient (Wildman–Crippen LogP) is -0.338. The molecule has 0 saturated carbocycles. The largest absolute Gasteiger partial charge is 0.383 e. The molecule has 6 nitrogen and oxygen atoms in total. The van der Waals surface area contributed by atoms with Crippen LogP contribution >= 0.6 is 0 Å². The van der Waals surface area contributed by atoms with Gasteiger partial charge in [-0.1, -0.05) is 0 Å². The monoisotopic (exact) mass is 260 g/mol. The first-order valence-electron chi connectivity index (χ1n) is 6.32. The smallest absolute Gasteiger partial charge is 0.246 e. The summed E-state index contributed by atoms with van der Waals surface area (Å²) in [5, 5.41) is 2.79. The molecule has 2 unspecified atom stereocenters. The lowest BCUT2D eigenvalue weighted by Crippen LogP contribution is -2.50. The summed E-state index contributed by atoms with van der Waals surface area (Å²) in [7, 11) is 1.60. The quantitative estimate of drug-likeness (QED) is 0.654. The fourth-order valence-electron chi connectivity index (χ4n) is 1.99. The number of carbonyl (C=O) groups excluding carboxylic acids is 1. The van der Waals surface area contributed by atoms with Gasteiger partial charge in [-0.3, -0.25) is 4.79 Å². The van der Waals surface area contributed by atoms with E-state index in [-0.39, 0.29) is 18.6 Å². The van der Waals surface area contributed by atoms with Crippen molar-refractivity contribution in [3.63, 3.8) is 0 Å². The molecule has 2 atom stereocenters. The minimum absolute atomic E-state index is 0.00855. The molecule has 0 aromatic heterocycles. The Bertz CT molecular complexity index is 254. The standard InChI is InChI=1S/C12H24N2O4/c1-10(6-16-2)14-11(15)7-18-12(8-13)4-3-5-17-9-12/h10H,3-9,13H2,1-2H3,(H,14,15). The Labute approximate surface area is 108 Å². The lowest BCUT2D eigenvalue weighted by Gasteiger charge is -2.35. The highest BCUT2D eigenvalue weighted by atomic mass is 16.5. The molecule has 6 heteroatoms. The maximum atomic E-state index is 11.7. The summed E-state index contributed by atoms with van der Waals surface area (Å²) in [6.45, 7) is 3.94. The molecule has 0 aromatic carbocycles. The van der Waals surface area contributed by atoms with Crippen molar-refractivity contribution >= 4 is 5.91 Å². The summed E-state index contributed by atoms with van der Waals surface area (Å²) < 4.78 is 16.0. The van der Waals surface area contributed by atoms with E-state index >= 15 is 0 Å². The third-order valence-electron chi connectivity index (χ3n) is 2.99. The Hall–Kier alpha value is -0.690. The number of methoxy groups -OCH3 is 1. The van der Waals surface area contributed by atoms with Crippen LogP contribution in [0.5, 0.6) is 0 Å². The van der Waals surface area contributed by atoms with Crippen LogP contribution < -0.4 is 11.1 Å². The van der Waals surface area contributed by atoms with Gasteiger partial charge in [0.25, 0.3) is 0 Å². The SMILES string of the molecule is COCC(C)NC(=O)COC1(CN)CCCOC1. The van der Waals surface area contributed by atoms with Gasteiger partial charge in [-0.2, -0.15) is 0 Å². The number of hydrogen-bond acceptors (Lipinski definition) is 5. The highest BCUT2D eigenvalue weighted by Gasteiger charge is 2.33. The van der Waals surface area contributed by atoms with Crippen LogP contribution in [0, 0.1) is 0 Å². The molecule has 1 saturated heterocycles. The normalized spacial score (nSPS) is 25.7.